The van der Waals surface area contributed by atoms with Gasteiger partial charge in [-0.3, -0.25) is 9.59 Å². The van der Waals surface area contributed by atoms with Crippen LogP contribution in [-0.4, -0.2) is 50.6 Å². The number of carbonyl (C=O) groups excluding carboxylic acids is 2. The molecule has 1 aliphatic heterocycles. The summed E-state index contributed by atoms with van der Waals surface area (Å²) in [4.78, 5) is 27.3. The predicted octanol–water partition coefficient (Wildman–Crippen LogP) is 2.82. The second kappa shape index (κ2) is 9.62. The number of amides is 2. The average Bonchev–Trinajstić information content (AvgIpc) is 3.10. The lowest BCUT2D eigenvalue weighted by atomic mass is 9.87. The van der Waals surface area contributed by atoms with Gasteiger partial charge in [0.25, 0.3) is 0 Å². The van der Waals surface area contributed by atoms with E-state index >= 15 is 0 Å². The van der Waals surface area contributed by atoms with Gasteiger partial charge in [-0.1, -0.05) is 20.8 Å². The maximum atomic E-state index is 12.8. The van der Waals surface area contributed by atoms with Crippen LogP contribution < -0.4 is 14.8 Å². The molecule has 1 saturated heterocycles. The molecule has 0 bridgehead atoms. The van der Waals surface area contributed by atoms with E-state index in [-0.39, 0.29) is 29.6 Å². The number of hydrogen-bond acceptors (Lipinski definition) is 4. The van der Waals surface area contributed by atoms with E-state index in [9.17, 15) is 9.59 Å². The summed E-state index contributed by atoms with van der Waals surface area (Å²) < 4.78 is 10.9. The van der Waals surface area contributed by atoms with Crippen molar-refractivity contribution in [2.24, 2.45) is 11.8 Å². The maximum Gasteiger partial charge on any atom is 0.225 e. The SMILES string of the molecule is CCCNC(=O)[C@@H]1CN(C(=O)CC(C)C)C[C@H]1c1cc(OC)ccc1OC. The van der Waals surface area contributed by atoms with Crippen molar-refractivity contribution >= 4 is 11.8 Å². The Kier molecular flexibility index (Phi) is 7.51. The Hall–Kier alpha value is -2.24. The molecule has 27 heavy (non-hydrogen) atoms. The number of rotatable bonds is 8. The lowest BCUT2D eigenvalue weighted by molar-refractivity contribution is -0.131. The van der Waals surface area contributed by atoms with Crippen molar-refractivity contribution in [3.8, 4) is 11.5 Å². The smallest absolute Gasteiger partial charge is 0.225 e. The van der Waals surface area contributed by atoms with Crippen LogP contribution in [0.3, 0.4) is 0 Å². The van der Waals surface area contributed by atoms with E-state index in [0.29, 0.717) is 37.6 Å². The second-order valence-electron chi connectivity index (χ2n) is 7.51. The van der Waals surface area contributed by atoms with Crippen LogP contribution in [-0.2, 0) is 9.59 Å². The van der Waals surface area contributed by atoms with Crippen molar-refractivity contribution in [2.45, 2.75) is 39.5 Å². The summed E-state index contributed by atoms with van der Waals surface area (Å²) >= 11 is 0. The quantitative estimate of drug-likeness (QED) is 0.758. The van der Waals surface area contributed by atoms with Crippen LogP contribution in [0.4, 0.5) is 0 Å². The molecule has 0 aliphatic carbocycles. The molecule has 6 heteroatoms. The third-order valence-electron chi connectivity index (χ3n) is 4.98. The van der Waals surface area contributed by atoms with Gasteiger partial charge < -0.3 is 19.7 Å². The standard InChI is InChI=1S/C21H32N2O4/c1-6-9-22-21(25)18-13-23(20(24)10-14(2)3)12-17(18)16-11-15(26-4)7-8-19(16)27-5/h7-8,11,14,17-18H,6,9-10,12-13H2,1-5H3,(H,22,25)/t17-,18+/m0/s1. The van der Waals surface area contributed by atoms with Crippen LogP contribution in [0.25, 0.3) is 0 Å². The minimum absolute atomic E-state index is 0.00781. The van der Waals surface area contributed by atoms with E-state index in [1.165, 1.54) is 0 Å². The largest absolute Gasteiger partial charge is 0.497 e. The normalized spacial score (nSPS) is 19.3. The molecule has 2 rings (SSSR count). The second-order valence-corrected chi connectivity index (χ2v) is 7.51. The molecule has 1 heterocycles. The number of nitrogens with zero attached hydrogens (tertiary/aromatic N) is 1. The molecule has 1 fully saturated rings. The minimum Gasteiger partial charge on any atom is -0.497 e. The van der Waals surface area contributed by atoms with Crippen LogP contribution in [0.15, 0.2) is 18.2 Å². The van der Waals surface area contributed by atoms with Crippen molar-refractivity contribution in [2.75, 3.05) is 33.9 Å². The summed E-state index contributed by atoms with van der Waals surface area (Å²) in [6.07, 6.45) is 1.37. The number of carbonyl (C=O) groups is 2. The van der Waals surface area contributed by atoms with E-state index in [1.807, 2.05) is 43.9 Å². The van der Waals surface area contributed by atoms with Gasteiger partial charge in [0, 0.05) is 37.5 Å². The van der Waals surface area contributed by atoms with Crippen molar-refractivity contribution in [3.05, 3.63) is 23.8 Å². The monoisotopic (exact) mass is 376 g/mol. The Bertz CT molecular complexity index is 660. The summed E-state index contributed by atoms with van der Waals surface area (Å²) in [5.41, 5.74) is 0.911. The average molecular weight is 376 g/mol. The first-order valence-electron chi connectivity index (χ1n) is 9.68. The van der Waals surface area contributed by atoms with Gasteiger partial charge in [-0.15, -0.1) is 0 Å². The van der Waals surface area contributed by atoms with Gasteiger partial charge in [-0.05, 0) is 30.5 Å². The van der Waals surface area contributed by atoms with E-state index in [2.05, 4.69) is 5.32 Å². The van der Waals surface area contributed by atoms with Gasteiger partial charge in [-0.2, -0.15) is 0 Å². The molecule has 1 aromatic carbocycles. The fourth-order valence-corrected chi connectivity index (χ4v) is 3.58. The molecule has 0 unspecified atom stereocenters. The molecule has 0 saturated carbocycles. The highest BCUT2D eigenvalue weighted by Crippen LogP contribution is 2.39. The Balaban J connectivity index is 2.34. The van der Waals surface area contributed by atoms with Crippen molar-refractivity contribution in [1.29, 1.82) is 0 Å². The molecule has 0 spiro atoms. The zero-order valence-corrected chi connectivity index (χ0v) is 17.1. The van der Waals surface area contributed by atoms with Crippen molar-refractivity contribution in [1.82, 2.24) is 10.2 Å². The van der Waals surface area contributed by atoms with E-state index in [4.69, 9.17) is 9.47 Å². The Morgan fingerprint density at radius 1 is 1.22 bits per heavy atom. The molecular weight excluding hydrogens is 344 g/mol. The summed E-state index contributed by atoms with van der Waals surface area (Å²) in [6.45, 7) is 7.67. The zero-order valence-electron chi connectivity index (χ0n) is 17.1. The summed E-state index contributed by atoms with van der Waals surface area (Å²) in [5, 5.41) is 2.99. The first kappa shape index (κ1) is 21.1. The molecule has 1 aliphatic rings. The maximum absolute atomic E-state index is 12.8. The Morgan fingerprint density at radius 2 is 1.96 bits per heavy atom. The number of hydrogen-bond donors (Lipinski definition) is 1. The predicted molar refractivity (Wildman–Crippen MR) is 105 cm³/mol. The molecule has 0 aromatic heterocycles. The van der Waals surface area contributed by atoms with Gasteiger partial charge in [-0.25, -0.2) is 0 Å². The van der Waals surface area contributed by atoms with Crippen LogP contribution in [0.1, 0.15) is 45.1 Å². The zero-order chi connectivity index (χ0) is 20.0. The summed E-state index contributed by atoms with van der Waals surface area (Å²) in [6, 6.07) is 5.61. The van der Waals surface area contributed by atoms with Gasteiger partial charge in [0.2, 0.25) is 11.8 Å². The first-order chi connectivity index (χ1) is 12.9. The van der Waals surface area contributed by atoms with Gasteiger partial charge >= 0.3 is 0 Å². The van der Waals surface area contributed by atoms with E-state index in [0.717, 1.165) is 12.0 Å². The van der Waals surface area contributed by atoms with Gasteiger partial charge in [0.05, 0.1) is 20.1 Å². The third-order valence-corrected chi connectivity index (χ3v) is 4.98. The topological polar surface area (TPSA) is 67.9 Å². The third kappa shape index (κ3) is 5.15. The van der Waals surface area contributed by atoms with E-state index in [1.54, 1.807) is 14.2 Å². The molecular formula is C21H32N2O4. The first-order valence-corrected chi connectivity index (χ1v) is 9.68. The highest BCUT2D eigenvalue weighted by Gasteiger charge is 2.41. The number of nitrogens with one attached hydrogen (secondary N) is 1. The number of likely N-dealkylation sites (tertiary alicyclic amines) is 1. The molecule has 0 radical (unpaired) electrons. The van der Waals surface area contributed by atoms with Crippen LogP contribution >= 0.6 is 0 Å². The molecule has 2 atom stereocenters. The van der Waals surface area contributed by atoms with Crippen molar-refractivity contribution in [3.63, 3.8) is 0 Å². The highest BCUT2D eigenvalue weighted by molar-refractivity contribution is 5.83. The number of methoxy groups -OCH3 is 2. The summed E-state index contributed by atoms with van der Waals surface area (Å²) in [5.74, 6) is 1.39. The van der Waals surface area contributed by atoms with Gasteiger partial charge in [0.15, 0.2) is 0 Å². The molecule has 1 N–H and O–H groups in total. The van der Waals surface area contributed by atoms with Crippen LogP contribution in [0.5, 0.6) is 11.5 Å². The van der Waals surface area contributed by atoms with Gasteiger partial charge in [0.1, 0.15) is 11.5 Å². The van der Waals surface area contributed by atoms with Crippen LogP contribution in [0.2, 0.25) is 0 Å². The van der Waals surface area contributed by atoms with Crippen molar-refractivity contribution < 1.29 is 19.1 Å². The molecule has 2 amide bonds. The fraction of sp³-hybridized carbons (Fsp3) is 0.619. The minimum atomic E-state index is -0.298. The lowest BCUT2D eigenvalue weighted by Gasteiger charge is -2.21. The Morgan fingerprint density at radius 3 is 2.56 bits per heavy atom. The summed E-state index contributed by atoms with van der Waals surface area (Å²) in [7, 11) is 3.23. The molecule has 1 aromatic rings. The number of ether oxygens (including phenoxy) is 2. The fourth-order valence-electron chi connectivity index (χ4n) is 3.58. The van der Waals surface area contributed by atoms with E-state index < -0.39 is 0 Å². The lowest BCUT2D eigenvalue weighted by Crippen LogP contribution is -2.36. The number of benzene rings is 1. The molecule has 6 nitrogen and oxygen atoms in total. The van der Waals surface area contributed by atoms with Crippen LogP contribution in [0, 0.1) is 11.8 Å². The Labute approximate surface area is 162 Å². The highest BCUT2D eigenvalue weighted by atomic mass is 16.5. The molecule has 150 valence electrons.